The Morgan fingerprint density at radius 2 is 0.940 bits per heavy atom. The van der Waals surface area contributed by atoms with Crippen molar-refractivity contribution in [2.24, 2.45) is 10.8 Å². The van der Waals surface area contributed by atoms with E-state index < -0.39 is 0 Å². The molecule has 6 aromatic carbocycles. The van der Waals surface area contributed by atoms with E-state index in [9.17, 15) is 0 Å². The Morgan fingerprint density at radius 1 is 0.480 bits per heavy atom. The van der Waals surface area contributed by atoms with Crippen LogP contribution in [0.1, 0.15) is 84.4 Å². The van der Waals surface area contributed by atoms with Gasteiger partial charge in [0.1, 0.15) is 0 Å². The summed E-state index contributed by atoms with van der Waals surface area (Å²) in [7, 11) is 0. The van der Waals surface area contributed by atoms with E-state index in [2.05, 4.69) is 206 Å². The number of nitrogens with zero attached hydrogens (tertiary/aromatic N) is 1. The van der Waals surface area contributed by atoms with Gasteiger partial charge in [-0.15, -0.1) is 0 Å². The molecule has 1 aliphatic rings. The van der Waals surface area contributed by atoms with Gasteiger partial charge >= 0.3 is 0 Å². The highest BCUT2D eigenvalue weighted by Crippen LogP contribution is 2.51. The molecule has 0 aliphatic heterocycles. The topological polar surface area (TPSA) is 3.24 Å². The fraction of sp³-hybridized carbons (Fsp3) is 0.265. The average molecular weight is 654 g/mol. The molecule has 0 fully saturated rings. The Kier molecular flexibility index (Phi) is 8.59. The van der Waals surface area contributed by atoms with Crippen LogP contribution in [0.2, 0.25) is 0 Å². The first kappa shape index (κ1) is 33.6. The molecule has 0 radical (unpaired) electrons. The van der Waals surface area contributed by atoms with Crippen LogP contribution in [-0.4, -0.2) is 0 Å². The minimum atomic E-state index is -0.0698. The van der Waals surface area contributed by atoms with Gasteiger partial charge in [0.25, 0.3) is 0 Å². The van der Waals surface area contributed by atoms with Crippen LogP contribution in [0.3, 0.4) is 0 Å². The summed E-state index contributed by atoms with van der Waals surface area (Å²) < 4.78 is 0. The maximum absolute atomic E-state index is 2.41. The van der Waals surface area contributed by atoms with Crippen molar-refractivity contribution in [1.82, 2.24) is 0 Å². The molecule has 0 saturated heterocycles. The Morgan fingerprint density at radius 3 is 1.48 bits per heavy atom. The molecule has 6 aromatic rings. The summed E-state index contributed by atoms with van der Waals surface area (Å²) in [5, 5.41) is 0. The molecule has 1 aliphatic carbocycles. The quantitative estimate of drug-likeness (QED) is 0.166. The van der Waals surface area contributed by atoms with Crippen LogP contribution in [0.25, 0.3) is 33.4 Å². The summed E-state index contributed by atoms with van der Waals surface area (Å²) in [6.45, 7) is 18.9. The zero-order valence-corrected chi connectivity index (χ0v) is 31.1. The van der Waals surface area contributed by atoms with Crippen molar-refractivity contribution in [1.29, 1.82) is 0 Å². The van der Waals surface area contributed by atoms with Gasteiger partial charge in [0.15, 0.2) is 0 Å². The minimum Gasteiger partial charge on any atom is -0.310 e. The molecule has 1 atom stereocenters. The fourth-order valence-corrected chi connectivity index (χ4v) is 7.96. The Hall–Kier alpha value is -4.88. The van der Waals surface area contributed by atoms with Crippen LogP contribution in [0, 0.1) is 10.8 Å². The zero-order chi connectivity index (χ0) is 35.3. The van der Waals surface area contributed by atoms with Crippen LogP contribution in [0.15, 0.2) is 146 Å². The molecule has 252 valence electrons. The molecule has 1 unspecified atom stereocenters. The summed E-state index contributed by atoms with van der Waals surface area (Å²) in [5.74, 6) is 0.505. The molecule has 0 bridgehead atoms. The van der Waals surface area contributed by atoms with E-state index in [0.29, 0.717) is 5.92 Å². The number of hydrogen-bond donors (Lipinski definition) is 0. The molecule has 0 saturated carbocycles. The van der Waals surface area contributed by atoms with Gasteiger partial charge < -0.3 is 4.90 Å². The van der Waals surface area contributed by atoms with Crippen molar-refractivity contribution >= 4 is 17.1 Å². The third-order valence-electron chi connectivity index (χ3n) is 10.7. The first-order chi connectivity index (χ1) is 23.8. The van der Waals surface area contributed by atoms with Crippen molar-refractivity contribution < 1.29 is 0 Å². The smallest absolute Gasteiger partial charge is 0.0465 e. The van der Waals surface area contributed by atoms with Crippen molar-refractivity contribution in [2.75, 3.05) is 4.90 Å². The van der Waals surface area contributed by atoms with Gasteiger partial charge in [-0.2, -0.15) is 0 Å². The number of fused-ring (bicyclic) bond motifs is 3. The predicted octanol–water partition coefficient (Wildman–Crippen LogP) is 14.4. The Bertz CT molecular complexity index is 2090. The second-order valence-corrected chi connectivity index (χ2v) is 17.0. The van der Waals surface area contributed by atoms with Gasteiger partial charge in [0, 0.05) is 22.5 Å². The lowest BCUT2D eigenvalue weighted by molar-refractivity contribution is 0.229. The largest absolute Gasteiger partial charge is 0.310 e. The summed E-state index contributed by atoms with van der Waals surface area (Å²) in [6.07, 6.45) is 1.17. The minimum absolute atomic E-state index is 0.0698. The van der Waals surface area contributed by atoms with E-state index in [0.717, 1.165) is 11.4 Å². The van der Waals surface area contributed by atoms with Crippen molar-refractivity contribution in [3.05, 3.63) is 162 Å². The lowest BCUT2D eigenvalue weighted by Crippen LogP contribution is -2.23. The highest BCUT2D eigenvalue weighted by atomic mass is 15.1. The van der Waals surface area contributed by atoms with Crippen LogP contribution in [0.5, 0.6) is 0 Å². The fourth-order valence-electron chi connectivity index (χ4n) is 7.96. The normalized spacial score (nSPS) is 14.2. The third kappa shape index (κ3) is 6.54. The number of rotatable bonds is 7. The van der Waals surface area contributed by atoms with E-state index in [-0.39, 0.29) is 16.2 Å². The standard InChI is InChI=1S/C49H51N/c1-47(2,3)33-46(48(4,5)6)38-20-18-35(19-21-38)37-24-28-40(29-25-37)50(39-26-22-36(23-27-39)34-14-10-9-11-15-34)41-30-31-43-42-16-12-13-17-44(42)49(7,8)45(43)32-41/h9-32,46H,33H2,1-8H3. The molecular formula is C49H51N. The Labute approximate surface area is 300 Å². The zero-order valence-electron chi connectivity index (χ0n) is 31.1. The van der Waals surface area contributed by atoms with E-state index >= 15 is 0 Å². The maximum Gasteiger partial charge on any atom is 0.0465 e. The molecule has 0 heterocycles. The van der Waals surface area contributed by atoms with Crippen LogP contribution < -0.4 is 4.90 Å². The first-order valence-electron chi connectivity index (χ1n) is 18.2. The molecule has 0 spiro atoms. The lowest BCUT2D eigenvalue weighted by atomic mass is 9.69. The summed E-state index contributed by atoms with van der Waals surface area (Å²) in [4.78, 5) is 2.40. The predicted molar refractivity (Wildman–Crippen MR) is 216 cm³/mol. The van der Waals surface area contributed by atoms with Gasteiger partial charge in [-0.1, -0.05) is 165 Å². The lowest BCUT2D eigenvalue weighted by Gasteiger charge is -2.36. The van der Waals surface area contributed by atoms with E-state index in [4.69, 9.17) is 0 Å². The van der Waals surface area contributed by atoms with Crippen molar-refractivity contribution in [2.45, 2.75) is 73.1 Å². The number of anilines is 3. The third-order valence-corrected chi connectivity index (χ3v) is 10.7. The van der Waals surface area contributed by atoms with Crippen LogP contribution in [0.4, 0.5) is 17.1 Å². The summed E-state index contributed by atoms with van der Waals surface area (Å²) in [5.41, 5.74) is 15.7. The molecule has 0 amide bonds. The molecule has 1 heteroatoms. The van der Waals surface area contributed by atoms with E-state index in [1.165, 1.54) is 62.2 Å². The Balaban J connectivity index is 1.25. The summed E-state index contributed by atoms with van der Waals surface area (Å²) in [6, 6.07) is 54.0. The van der Waals surface area contributed by atoms with Gasteiger partial charge in [-0.25, -0.2) is 0 Å². The molecule has 0 N–H and O–H groups in total. The van der Waals surface area contributed by atoms with E-state index in [1.807, 2.05) is 0 Å². The highest BCUT2D eigenvalue weighted by Gasteiger charge is 2.36. The van der Waals surface area contributed by atoms with E-state index in [1.54, 1.807) is 0 Å². The molecule has 7 rings (SSSR count). The van der Waals surface area contributed by atoms with Gasteiger partial charge in [-0.05, 0) is 110 Å². The van der Waals surface area contributed by atoms with Gasteiger partial charge in [0.2, 0.25) is 0 Å². The molecule has 1 nitrogen and oxygen atoms in total. The number of hydrogen-bond acceptors (Lipinski definition) is 1. The van der Waals surface area contributed by atoms with Gasteiger partial charge in [0.05, 0.1) is 0 Å². The van der Waals surface area contributed by atoms with Crippen molar-refractivity contribution in [3.8, 4) is 33.4 Å². The SMILES string of the molecule is CC(C)(C)CC(c1ccc(-c2ccc(N(c3ccc(-c4ccccc4)cc3)c3ccc4c(c3)C(C)(C)c3ccccc3-4)cc2)cc1)C(C)(C)C. The second kappa shape index (κ2) is 12.8. The van der Waals surface area contributed by atoms with Crippen LogP contribution in [-0.2, 0) is 5.41 Å². The number of benzene rings is 6. The van der Waals surface area contributed by atoms with Crippen LogP contribution >= 0.6 is 0 Å². The van der Waals surface area contributed by atoms with Gasteiger partial charge in [-0.3, -0.25) is 0 Å². The first-order valence-corrected chi connectivity index (χ1v) is 18.2. The van der Waals surface area contributed by atoms with Crippen molar-refractivity contribution in [3.63, 3.8) is 0 Å². The molecular weight excluding hydrogens is 603 g/mol. The summed E-state index contributed by atoms with van der Waals surface area (Å²) >= 11 is 0. The maximum atomic E-state index is 2.41. The second-order valence-electron chi connectivity index (χ2n) is 17.0. The average Bonchev–Trinajstić information content (AvgIpc) is 3.33. The molecule has 50 heavy (non-hydrogen) atoms. The monoisotopic (exact) mass is 653 g/mol. The molecule has 0 aromatic heterocycles. The highest BCUT2D eigenvalue weighted by molar-refractivity contribution is 5.86.